The van der Waals surface area contributed by atoms with E-state index >= 15 is 0 Å². The second-order valence-electron chi connectivity index (χ2n) is 5.08. The third-order valence-electron chi connectivity index (χ3n) is 3.83. The van der Waals surface area contributed by atoms with Crippen LogP contribution in [-0.4, -0.2) is 23.4 Å². The van der Waals surface area contributed by atoms with Crippen molar-refractivity contribution in [2.75, 3.05) is 13.6 Å². The van der Waals surface area contributed by atoms with Crippen molar-refractivity contribution in [3.63, 3.8) is 0 Å². The Balaban J connectivity index is 2.25. The Morgan fingerprint density at radius 1 is 1.11 bits per heavy atom. The molecule has 1 N–H and O–H groups in total. The number of aromatic nitrogens is 2. The summed E-state index contributed by atoms with van der Waals surface area (Å²) in [7, 11) is 1.99. The lowest BCUT2D eigenvalue weighted by Crippen LogP contribution is -2.13. The van der Waals surface area contributed by atoms with E-state index in [0.717, 1.165) is 25.2 Å². The Morgan fingerprint density at radius 3 is 2.37 bits per heavy atom. The lowest BCUT2D eigenvalue weighted by molar-refractivity contribution is 0.651. The number of nitrogens with one attached hydrogen (secondary N) is 1. The number of nitrogens with zero attached hydrogens (tertiary/aromatic N) is 2. The molecule has 0 radical (unpaired) electrons. The normalized spacial score (nSPS) is 10.9. The van der Waals surface area contributed by atoms with Crippen LogP contribution in [0.5, 0.6) is 0 Å². The number of likely N-dealkylation sites (N-methyl/N-ethyl adjacent to an activating group) is 1. The number of rotatable bonds is 5. The summed E-state index contributed by atoms with van der Waals surface area (Å²) in [5, 5.41) is 7.84. The standard InChI is InChI=1S/C16H23N3/c1-12-13(2)18-19(14(12)3)11-16-8-6-5-7-15(16)9-10-17-4/h5-8,17H,9-11H2,1-4H3. The van der Waals surface area contributed by atoms with Crippen molar-refractivity contribution < 1.29 is 0 Å². The summed E-state index contributed by atoms with van der Waals surface area (Å²) in [6.07, 6.45) is 1.06. The molecule has 19 heavy (non-hydrogen) atoms. The molecule has 3 nitrogen and oxygen atoms in total. The molecule has 0 spiro atoms. The van der Waals surface area contributed by atoms with E-state index in [1.54, 1.807) is 0 Å². The Hall–Kier alpha value is -1.61. The minimum absolute atomic E-state index is 0.862. The zero-order valence-corrected chi connectivity index (χ0v) is 12.3. The van der Waals surface area contributed by atoms with Gasteiger partial charge in [-0.3, -0.25) is 4.68 Å². The van der Waals surface area contributed by atoms with Crippen molar-refractivity contribution >= 4 is 0 Å². The average Bonchev–Trinajstić information content (AvgIpc) is 2.65. The molecule has 0 aliphatic rings. The van der Waals surface area contributed by atoms with Gasteiger partial charge in [-0.05, 0) is 57.5 Å². The molecular weight excluding hydrogens is 234 g/mol. The maximum atomic E-state index is 4.63. The van der Waals surface area contributed by atoms with Gasteiger partial charge >= 0.3 is 0 Å². The van der Waals surface area contributed by atoms with E-state index in [0.29, 0.717) is 0 Å². The van der Waals surface area contributed by atoms with Crippen LogP contribution in [0.2, 0.25) is 0 Å². The summed E-state index contributed by atoms with van der Waals surface area (Å²) in [6, 6.07) is 8.64. The van der Waals surface area contributed by atoms with E-state index in [4.69, 9.17) is 0 Å². The topological polar surface area (TPSA) is 29.9 Å². The molecule has 2 aromatic rings. The van der Waals surface area contributed by atoms with Crippen molar-refractivity contribution in [2.45, 2.75) is 33.7 Å². The predicted octanol–water partition coefficient (Wildman–Crippen LogP) is 2.62. The van der Waals surface area contributed by atoms with E-state index in [1.807, 2.05) is 7.05 Å². The molecule has 1 aromatic carbocycles. The highest BCUT2D eigenvalue weighted by Gasteiger charge is 2.09. The summed E-state index contributed by atoms with van der Waals surface area (Å²) in [6.45, 7) is 8.23. The number of benzene rings is 1. The van der Waals surface area contributed by atoms with E-state index in [9.17, 15) is 0 Å². The molecule has 0 saturated carbocycles. The largest absolute Gasteiger partial charge is 0.319 e. The van der Waals surface area contributed by atoms with Gasteiger partial charge in [-0.25, -0.2) is 0 Å². The molecule has 0 fully saturated rings. The maximum Gasteiger partial charge on any atom is 0.0665 e. The Morgan fingerprint density at radius 2 is 1.79 bits per heavy atom. The van der Waals surface area contributed by atoms with Crippen LogP contribution in [-0.2, 0) is 13.0 Å². The van der Waals surface area contributed by atoms with Crippen LogP contribution in [0.4, 0.5) is 0 Å². The zero-order valence-electron chi connectivity index (χ0n) is 12.3. The first-order valence-electron chi connectivity index (χ1n) is 6.85. The van der Waals surface area contributed by atoms with Gasteiger partial charge in [0.1, 0.15) is 0 Å². The second kappa shape index (κ2) is 6.02. The van der Waals surface area contributed by atoms with Gasteiger partial charge in [-0.2, -0.15) is 5.10 Å². The molecule has 2 rings (SSSR count). The van der Waals surface area contributed by atoms with Gasteiger partial charge in [0.05, 0.1) is 12.2 Å². The fourth-order valence-corrected chi connectivity index (χ4v) is 2.32. The Labute approximate surface area is 115 Å². The number of hydrogen-bond donors (Lipinski definition) is 1. The van der Waals surface area contributed by atoms with Crippen molar-refractivity contribution in [3.05, 3.63) is 52.3 Å². The number of hydrogen-bond acceptors (Lipinski definition) is 2. The summed E-state index contributed by atoms with van der Waals surface area (Å²) in [5.41, 5.74) is 6.46. The van der Waals surface area contributed by atoms with Gasteiger partial charge in [0, 0.05) is 5.69 Å². The molecule has 0 atom stereocenters. The third kappa shape index (κ3) is 3.04. The van der Waals surface area contributed by atoms with Crippen LogP contribution in [0.3, 0.4) is 0 Å². The van der Waals surface area contributed by atoms with E-state index in [1.165, 1.54) is 22.4 Å². The zero-order chi connectivity index (χ0) is 13.8. The Bertz CT molecular complexity index is 555. The molecule has 1 heterocycles. The lowest BCUT2D eigenvalue weighted by Gasteiger charge is -2.11. The van der Waals surface area contributed by atoms with Crippen LogP contribution in [0.1, 0.15) is 28.1 Å². The van der Waals surface area contributed by atoms with Crippen molar-refractivity contribution in [3.8, 4) is 0 Å². The monoisotopic (exact) mass is 257 g/mol. The summed E-state index contributed by atoms with van der Waals surface area (Å²) in [4.78, 5) is 0. The molecule has 0 saturated heterocycles. The van der Waals surface area contributed by atoms with Gasteiger partial charge in [0.15, 0.2) is 0 Å². The highest BCUT2D eigenvalue weighted by Crippen LogP contribution is 2.16. The van der Waals surface area contributed by atoms with Gasteiger partial charge in [-0.1, -0.05) is 24.3 Å². The van der Waals surface area contributed by atoms with Gasteiger partial charge in [0.25, 0.3) is 0 Å². The fourth-order valence-electron chi connectivity index (χ4n) is 2.32. The lowest BCUT2D eigenvalue weighted by atomic mass is 10.0. The highest BCUT2D eigenvalue weighted by molar-refractivity contribution is 5.29. The molecule has 3 heteroatoms. The number of aryl methyl sites for hydroxylation is 1. The van der Waals surface area contributed by atoms with Gasteiger partial charge in [0.2, 0.25) is 0 Å². The molecule has 0 aliphatic carbocycles. The van der Waals surface area contributed by atoms with Gasteiger partial charge in [-0.15, -0.1) is 0 Å². The summed E-state index contributed by atoms with van der Waals surface area (Å²) < 4.78 is 2.11. The fraction of sp³-hybridized carbons (Fsp3) is 0.438. The van der Waals surface area contributed by atoms with Crippen LogP contribution >= 0.6 is 0 Å². The van der Waals surface area contributed by atoms with E-state index in [2.05, 4.69) is 60.1 Å². The van der Waals surface area contributed by atoms with Crippen LogP contribution < -0.4 is 5.32 Å². The van der Waals surface area contributed by atoms with E-state index in [-0.39, 0.29) is 0 Å². The molecule has 102 valence electrons. The highest BCUT2D eigenvalue weighted by atomic mass is 15.3. The van der Waals surface area contributed by atoms with Crippen molar-refractivity contribution in [1.82, 2.24) is 15.1 Å². The van der Waals surface area contributed by atoms with Crippen molar-refractivity contribution in [1.29, 1.82) is 0 Å². The van der Waals surface area contributed by atoms with E-state index < -0.39 is 0 Å². The minimum Gasteiger partial charge on any atom is -0.319 e. The Kier molecular flexibility index (Phi) is 4.38. The average molecular weight is 257 g/mol. The first-order chi connectivity index (χ1) is 9.13. The third-order valence-corrected chi connectivity index (χ3v) is 3.83. The second-order valence-corrected chi connectivity index (χ2v) is 5.08. The molecule has 0 bridgehead atoms. The molecule has 0 amide bonds. The van der Waals surface area contributed by atoms with Gasteiger partial charge < -0.3 is 5.32 Å². The molecular formula is C16H23N3. The van der Waals surface area contributed by atoms with Crippen LogP contribution in [0, 0.1) is 20.8 Å². The summed E-state index contributed by atoms with van der Waals surface area (Å²) >= 11 is 0. The summed E-state index contributed by atoms with van der Waals surface area (Å²) in [5.74, 6) is 0. The minimum atomic E-state index is 0.862. The van der Waals surface area contributed by atoms with Crippen molar-refractivity contribution in [2.24, 2.45) is 0 Å². The predicted molar refractivity (Wildman–Crippen MR) is 79.6 cm³/mol. The maximum absolute atomic E-state index is 4.63. The molecule has 0 unspecified atom stereocenters. The smallest absolute Gasteiger partial charge is 0.0665 e. The van der Waals surface area contributed by atoms with Crippen LogP contribution in [0.25, 0.3) is 0 Å². The SMILES string of the molecule is CNCCc1ccccc1Cn1nc(C)c(C)c1C. The molecule has 0 aliphatic heterocycles. The quantitative estimate of drug-likeness (QED) is 0.892. The first-order valence-corrected chi connectivity index (χ1v) is 6.85. The van der Waals surface area contributed by atoms with Crippen LogP contribution in [0.15, 0.2) is 24.3 Å². The molecule has 1 aromatic heterocycles. The first kappa shape index (κ1) is 13.8.